The number of aryl methyl sites for hydroxylation is 1. The van der Waals surface area contributed by atoms with E-state index in [0.717, 1.165) is 0 Å². The Morgan fingerprint density at radius 1 is 1.35 bits per heavy atom. The Kier molecular flexibility index (Phi) is 3.41. The highest BCUT2D eigenvalue weighted by Crippen LogP contribution is 2.28. The maximum Gasteiger partial charge on any atom is 0.126 e. The van der Waals surface area contributed by atoms with Crippen LogP contribution in [0, 0.1) is 12.7 Å². The molecule has 1 aromatic carbocycles. The van der Waals surface area contributed by atoms with Gasteiger partial charge in [0.1, 0.15) is 11.9 Å². The van der Waals surface area contributed by atoms with Crippen LogP contribution >= 0.6 is 11.6 Å². The lowest BCUT2D eigenvalue weighted by molar-refractivity contribution is 0.219. The van der Waals surface area contributed by atoms with Gasteiger partial charge in [0.05, 0.1) is 5.02 Å². The molecule has 1 aromatic heterocycles. The minimum atomic E-state index is -0.944. The van der Waals surface area contributed by atoms with Gasteiger partial charge in [0.15, 0.2) is 0 Å². The van der Waals surface area contributed by atoms with Crippen LogP contribution in [0.4, 0.5) is 4.39 Å². The molecule has 88 valence electrons. The van der Waals surface area contributed by atoms with Crippen LogP contribution in [-0.2, 0) is 0 Å². The zero-order chi connectivity index (χ0) is 12.4. The highest BCUT2D eigenvalue weighted by atomic mass is 35.5. The molecular weight excluding hydrogens is 241 g/mol. The van der Waals surface area contributed by atoms with Crippen LogP contribution in [0.25, 0.3) is 0 Å². The Morgan fingerprint density at radius 3 is 2.76 bits per heavy atom. The molecule has 0 saturated heterocycles. The van der Waals surface area contributed by atoms with Crippen LogP contribution in [0.3, 0.4) is 0 Å². The molecule has 2 aromatic rings. The molecule has 4 heteroatoms. The second kappa shape index (κ2) is 4.82. The van der Waals surface area contributed by atoms with Crippen molar-refractivity contribution in [2.24, 2.45) is 0 Å². The number of pyridine rings is 1. The number of aromatic nitrogens is 1. The summed E-state index contributed by atoms with van der Waals surface area (Å²) in [5, 5.41) is 10.5. The van der Waals surface area contributed by atoms with Gasteiger partial charge in [0.25, 0.3) is 0 Å². The Hall–Kier alpha value is -1.45. The second-order valence-electron chi connectivity index (χ2n) is 3.81. The topological polar surface area (TPSA) is 33.1 Å². The normalized spacial score (nSPS) is 12.5. The second-order valence-corrected chi connectivity index (χ2v) is 4.22. The molecule has 0 radical (unpaired) electrons. The summed E-state index contributed by atoms with van der Waals surface area (Å²) in [6.45, 7) is 1.67. The van der Waals surface area contributed by atoms with E-state index in [1.807, 2.05) is 0 Å². The molecule has 0 saturated carbocycles. The van der Waals surface area contributed by atoms with Crippen molar-refractivity contribution in [3.8, 4) is 0 Å². The van der Waals surface area contributed by atoms with E-state index >= 15 is 0 Å². The van der Waals surface area contributed by atoms with Gasteiger partial charge in [-0.25, -0.2) is 4.39 Å². The van der Waals surface area contributed by atoms with Crippen LogP contribution in [0.5, 0.6) is 0 Å². The molecule has 0 bridgehead atoms. The summed E-state index contributed by atoms with van der Waals surface area (Å²) in [5.74, 6) is -0.341. The summed E-state index contributed by atoms with van der Waals surface area (Å²) < 4.78 is 13.4. The minimum absolute atomic E-state index is 0.341. The molecule has 1 N–H and O–H groups in total. The van der Waals surface area contributed by atoms with Crippen molar-refractivity contribution in [2.45, 2.75) is 13.0 Å². The SMILES string of the molecule is Cc1ccc(C(O)c2ccncc2Cl)cc1F. The van der Waals surface area contributed by atoms with Crippen LogP contribution in [0.2, 0.25) is 5.02 Å². The Balaban J connectivity index is 2.40. The van der Waals surface area contributed by atoms with E-state index in [1.54, 1.807) is 25.1 Å². The van der Waals surface area contributed by atoms with Crippen molar-refractivity contribution in [3.63, 3.8) is 0 Å². The molecule has 1 heterocycles. The first-order valence-electron chi connectivity index (χ1n) is 5.13. The van der Waals surface area contributed by atoms with E-state index in [-0.39, 0.29) is 5.82 Å². The standard InChI is InChI=1S/C13H11ClFNO/c1-8-2-3-9(6-12(8)15)13(17)10-4-5-16-7-11(10)14/h2-7,13,17H,1H3. The van der Waals surface area contributed by atoms with Gasteiger partial charge in [-0.15, -0.1) is 0 Å². The molecule has 0 aliphatic carbocycles. The number of nitrogens with zero attached hydrogens (tertiary/aromatic N) is 1. The number of hydrogen-bond donors (Lipinski definition) is 1. The summed E-state index contributed by atoms with van der Waals surface area (Å²) in [5.41, 5.74) is 1.54. The lowest BCUT2D eigenvalue weighted by atomic mass is 10.0. The van der Waals surface area contributed by atoms with Crippen molar-refractivity contribution in [1.82, 2.24) is 4.98 Å². The average molecular weight is 252 g/mol. The van der Waals surface area contributed by atoms with E-state index in [9.17, 15) is 9.50 Å². The number of aliphatic hydroxyl groups excluding tert-OH is 1. The fraction of sp³-hybridized carbons (Fsp3) is 0.154. The van der Waals surface area contributed by atoms with Gasteiger partial charge in [-0.05, 0) is 30.2 Å². The quantitative estimate of drug-likeness (QED) is 0.889. The summed E-state index contributed by atoms with van der Waals surface area (Å²) in [6, 6.07) is 6.24. The maximum absolute atomic E-state index is 13.4. The fourth-order valence-corrected chi connectivity index (χ4v) is 1.79. The van der Waals surface area contributed by atoms with Crippen molar-refractivity contribution in [3.05, 3.63) is 64.2 Å². The molecular formula is C13H11ClFNO. The van der Waals surface area contributed by atoms with E-state index in [0.29, 0.717) is 21.7 Å². The van der Waals surface area contributed by atoms with Gasteiger partial charge in [0, 0.05) is 18.0 Å². The molecule has 0 fully saturated rings. The van der Waals surface area contributed by atoms with Gasteiger partial charge in [-0.2, -0.15) is 0 Å². The predicted molar refractivity (Wildman–Crippen MR) is 64.4 cm³/mol. The zero-order valence-corrected chi connectivity index (χ0v) is 9.95. The first-order valence-corrected chi connectivity index (χ1v) is 5.51. The van der Waals surface area contributed by atoms with Crippen molar-refractivity contribution in [1.29, 1.82) is 0 Å². The summed E-state index contributed by atoms with van der Waals surface area (Å²) in [4.78, 5) is 3.84. The number of hydrogen-bond acceptors (Lipinski definition) is 2. The monoisotopic (exact) mass is 251 g/mol. The van der Waals surface area contributed by atoms with Gasteiger partial charge < -0.3 is 5.11 Å². The average Bonchev–Trinajstić information content (AvgIpc) is 2.32. The van der Waals surface area contributed by atoms with E-state index in [4.69, 9.17) is 11.6 Å². The third-order valence-corrected chi connectivity index (χ3v) is 2.93. The summed E-state index contributed by atoms with van der Waals surface area (Å²) in [7, 11) is 0. The van der Waals surface area contributed by atoms with E-state index in [1.165, 1.54) is 18.5 Å². The van der Waals surface area contributed by atoms with E-state index in [2.05, 4.69) is 4.98 Å². The molecule has 1 unspecified atom stereocenters. The molecule has 0 aliphatic rings. The lowest BCUT2D eigenvalue weighted by Gasteiger charge is -2.13. The highest BCUT2D eigenvalue weighted by molar-refractivity contribution is 6.31. The smallest absolute Gasteiger partial charge is 0.126 e. The van der Waals surface area contributed by atoms with Crippen LogP contribution in [0.1, 0.15) is 22.8 Å². The van der Waals surface area contributed by atoms with Crippen LogP contribution in [0.15, 0.2) is 36.7 Å². The predicted octanol–water partition coefficient (Wildman–Crippen LogP) is 3.26. The molecule has 0 amide bonds. The van der Waals surface area contributed by atoms with Crippen molar-refractivity contribution in [2.75, 3.05) is 0 Å². The van der Waals surface area contributed by atoms with Crippen LogP contribution in [-0.4, -0.2) is 10.1 Å². The first-order chi connectivity index (χ1) is 8.09. The number of rotatable bonds is 2. The third kappa shape index (κ3) is 2.46. The van der Waals surface area contributed by atoms with Gasteiger partial charge >= 0.3 is 0 Å². The molecule has 1 atom stereocenters. The zero-order valence-electron chi connectivity index (χ0n) is 9.19. The number of aliphatic hydroxyl groups is 1. The minimum Gasteiger partial charge on any atom is -0.384 e. The molecule has 0 spiro atoms. The largest absolute Gasteiger partial charge is 0.384 e. The molecule has 2 rings (SSSR count). The van der Waals surface area contributed by atoms with Crippen LogP contribution < -0.4 is 0 Å². The van der Waals surface area contributed by atoms with Gasteiger partial charge in [-0.1, -0.05) is 23.7 Å². The van der Waals surface area contributed by atoms with E-state index < -0.39 is 6.10 Å². The Labute approximate surface area is 104 Å². The Bertz CT molecular complexity index is 545. The fourth-order valence-electron chi connectivity index (χ4n) is 1.57. The first kappa shape index (κ1) is 12.0. The maximum atomic E-state index is 13.4. The molecule has 17 heavy (non-hydrogen) atoms. The molecule has 0 aliphatic heterocycles. The Morgan fingerprint density at radius 2 is 2.12 bits per heavy atom. The van der Waals surface area contributed by atoms with Crippen molar-refractivity contribution >= 4 is 11.6 Å². The van der Waals surface area contributed by atoms with Gasteiger partial charge in [-0.3, -0.25) is 4.98 Å². The summed E-state index contributed by atoms with van der Waals surface area (Å²) >= 11 is 5.92. The van der Waals surface area contributed by atoms with Gasteiger partial charge in [0.2, 0.25) is 0 Å². The third-order valence-electron chi connectivity index (χ3n) is 2.61. The molecule has 2 nitrogen and oxygen atoms in total. The van der Waals surface area contributed by atoms with Crippen molar-refractivity contribution < 1.29 is 9.50 Å². The number of benzene rings is 1. The summed E-state index contributed by atoms with van der Waals surface area (Å²) in [6.07, 6.45) is 2.04. The number of halogens is 2. The highest BCUT2D eigenvalue weighted by Gasteiger charge is 2.14. The lowest BCUT2D eigenvalue weighted by Crippen LogP contribution is -2.01.